The second-order valence-electron chi connectivity index (χ2n) is 8.90. The fourth-order valence-corrected chi connectivity index (χ4v) is 5.35. The maximum absolute atomic E-state index is 13.8. The third-order valence-corrected chi connectivity index (χ3v) is 6.90. The van der Waals surface area contributed by atoms with E-state index in [1.807, 2.05) is 61.5 Å². The highest BCUT2D eigenvalue weighted by molar-refractivity contribution is 6.24. The second kappa shape index (κ2) is 7.66. The molecule has 0 bridgehead atoms. The molecular formula is C27H22N4O3. The molecule has 2 fully saturated rings. The SMILES string of the molecule is Cc1ccc(N2C(=O)[C@@H]3[C@H](C2=O)[C@H](C(=O)Nc2ccccc2)N2N=Cc4ccccc4[C@@H]32)cc1. The summed E-state index contributed by atoms with van der Waals surface area (Å²) in [6, 6.07) is 22.7. The monoisotopic (exact) mass is 450 g/mol. The number of hydrogen-bond acceptors (Lipinski definition) is 5. The lowest BCUT2D eigenvalue weighted by Gasteiger charge is -2.33. The van der Waals surface area contributed by atoms with Crippen molar-refractivity contribution in [1.82, 2.24) is 5.01 Å². The van der Waals surface area contributed by atoms with Gasteiger partial charge in [0, 0.05) is 5.69 Å². The number of amides is 3. The molecule has 0 spiro atoms. The van der Waals surface area contributed by atoms with Gasteiger partial charge in [-0.3, -0.25) is 19.4 Å². The van der Waals surface area contributed by atoms with Gasteiger partial charge in [0.2, 0.25) is 17.7 Å². The number of carbonyl (C=O) groups is 3. The normalized spacial score (nSPS) is 24.6. The van der Waals surface area contributed by atoms with E-state index in [4.69, 9.17) is 0 Å². The highest BCUT2D eigenvalue weighted by Gasteiger charge is 2.65. The first-order valence-corrected chi connectivity index (χ1v) is 11.3. The molecule has 3 aliphatic rings. The smallest absolute Gasteiger partial charge is 0.249 e. The maximum atomic E-state index is 13.8. The molecule has 7 nitrogen and oxygen atoms in total. The minimum Gasteiger partial charge on any atom is -0.324 e. The van der Waals surface area contributed by atoms with Crippen LogP contribution in [0.4, 0.5) is 11.4 Å². The molecule has 4 atom stereocenters. The van der Waals surface area contributed by atoms with Crippen molar-refractivity contribution < 1.29 is 14.4 Å². The van der Waals surface area contributed by atoms with Crippen LogP contribution in [-0.4, -0.2) is 35.0 Å². The van der Waals surface area contributed by atoms with Crippen molar-refractivity contribution in [3.63, 3.8) is 0 Å². The molecule has 3 heterocycles. The lowest BCUT2D eigenvalue weighted by molar-refractivity contribution is -0.129. The van der Waals surface area contributed by atoms with Crippen LogP contribution < -0.4 is 10.2 Å². The lowest BCUT2D eigenvalue weighted by atomic mass is 9.85. The van der Waals surface area contributed by atoms with E-state index in [0.717, 1.165) is 16.7 Å². The van der Waals surface area contributed by atoms with Crippen LogP contribution in [0.25, 0.3) is 0 Å². The predicted molar refractivity (Wildman–Crippen MR) is 128 cm³/mol. The summed E-state index contributed by atoms with van der Waals surface area (Å²) in [5.41, 5.74) is 3.97. The standard InChI is InChI=1S/C27H22N4O3/c1-16-11-13-19(14-12-16)30-26(33)21-22(27(30)34)24(25(32)29-18-8-3-2-4-9-18)31-23(21)20-10-6-5-7-17(20)15-28-31/h2-15,21-24H,1H3,(H,29,32)/t21-,22+,23+,24-/m1/s1. The first-order chi connectivity index (χ1) is 16.5. The molecule has 6 rings (SSSR count). The number of aryl methyl sites for hydroxylation is 1. The van der Waals surface area contributed by atoms with Crippen LogP contribution in [0.3, 0.4) is 0 Å². The molecule has 168 valence electrons. The Morgan fingerprint density at radius 3 is 2.29 bits per heavy atom. The van der Waals surface area contributed by atoms with E-state index in [9.17, 15) is 14.4 Å². The first kappa shape index (κ1) is 20.4. The molecule has 3 aliphatic heterocycles. The van der Waals surface area contributed by atoms with Crippen molar-refractivity contribution in [3.05, 3.63) is 95.6 Å². The van der Waals surface area contributed by atoms with E-state index in [0.29, 0.717) is 11.4 Å². The zero-order chi connectivity index (χ0) is 23.4. The number of anilines is 2. The predicted octanol–water partition coefficient (Wildman–Crippen LogP) is 3.51. The quantitative estimate of drug-likeness (QED) is 0.619. The van der Waals surface area contributed by atoms with Gasteiger partial charge in [-0.2, -0.15) is 5.10 Å². The van der Waals surface area contributed by atoms with Crippen molar-refractivity contribution >= 4 is 35.3 Å². The molecule has 3 aromatic rings. The van der Waals surface area contributed by atoms with Gasteiger partial charge in [-0.1, -0.05) is 60.2 Å². The van der Waals surface area contributed by atoms with Gasteiger partial charge in [-0.15, -0.1) is 0 Å². The van der Waals surface area contributed by atoms with Crippen LogP contribution in [0.15, 0.2) is 84.0 Å². The number of imide groups is 1. The molecule has 0 aromatic heterocycles. The Morgan fingerprint density at radius 1 is 0.853 bits per heavy atom. The summed E-state index contributed by atoms with van der Waals surface area (Å²) in [7, 11) is 0. The number of hydrazone groups is 1. The van der Waals surface area contributed by atoms with Gasteiger partial charge in [-0.25, -0.2) is 4.90 Å². The lowest BCUT2D eigenvalue weighted by Crippen LogP contribution is -2.46. The molecule has 34 heavy (non-hydrogen) atoms. The molecule has 0 aliphatic carbocycles. The fourth-order valence-electron chi connectivity index (χ4n) is 5.35. The van der Waals surface area contributed by atoms with Crippen molar-refractivity contribution in [2.24, 2.45) is 16.9 Å². The summed E-state index contributed by atoms with van der Waals surface area (Å²) in [5.74, 6) is -2.57. The second-order valence-corrected chi connectivity index (χ2v) is 8.90. The van der Waals surface area contributed by atoms with E-state index in [1.165, 1.54) is 4.90 Å². The maximum Gasteiger partial charge on any atom is 0.249 e. The van der Waals surface area contributed by atoms with E-state index in [1.54, 1.807) is 35.5 Å². The largest absolute Gasteiger partial charge is 0.324 e. The third kappa shape index (κ3) is 2.97. The molecule has 0 radical (unpaired) electrons. The van der Waals surface area contributed by atoms with Crippen LogP contribution in [-0.2, 0) is 14.4 Å². The number of nitrogens with one attached hydrogen (secondary N) is 1. The van der Waals surface area contributed by atoms with Crippen molar-refractivity contribution in [2.45, 2.75) is 19.0 Å². The van der Waals surface area contributed by atoms with Gasteiger partial charge >= 0.3 is 0 Å². The van der Waals surface area contributed by atoms with E-state index >= 15 is 0 Å². The van der Waals surface area contributed by atoms with Gasteiger partial charge < -0.3 is 5.32 Å². The fraction of sp³-hybridized carbons (Fsp3) is 0.185. The summed E-state index contributed by atoms with van der Waals surface area (Å²) in [6.07, 6.45) is 1.70. The minimum atomic E-state index is -0.910. The van der Waals surface area contributed by atoms with E-state index < -0.39 is 23.9 Å². The topological polar surface area (TPSA) is 82.1 Å². The van der Waals surface area contributed by atoms with Crippen molar-refractivity contribution in [1.29, 1.82) is 0 Å². The molecule has 0 saturated carbocycles. The highest BCUT2D eigenvalue weighted by atomic mass is 16.2. The van der Waals surface area contributed by atoms with Crippen LogP contribution >= 0.6 is 0 Å². The molecule has 0 unspecified atom stereocenters. The third-order valence-electron chi connectivity index (χ3n) is 6.90. The van der Waals surface area contributed by atoms with Crippen LogP contribution in [0.5, 0.6) is 0 Å². The number of nitrogens with zero attached hydrogens (tertiary/aromatic N) is 3. The first-order valence-electron chi connectivity index (χ1n) is 11.3. The molecule has 1 N–H and O–H groups in total. The summed E-state index contributed by atoms with van der Waals surface area (Å²) >= 11 is 0. The number of fused-ring (bicyclic) bond motifs is 5. The Balaban J connectivity index is 1.45. The van der Waals surface area contributed by atoms with Gasteiger partial charge in [0.25, 0.3) is 0 Å². The average molecular weight is 450 g/mol. The summed E-state index contributed by atoms with van der Waals surface area (Å²) in [5, 5.41) is 9.13. The van der Waals surface area contributed by atoms with E-state index in [-0.39, 0.29) is 17.7 Å². The van der Waals surface area contributed by atoms with E-state index in [2.05, 4.69) is 10.4 Å². The summed E-state index contributed by atoms with van der Waals surface area (Å²) in [6.45, 7) is 1.95. The zero-order valence-corrected chi connectivity index (χ0v) is 18.5. The Morgan fingerprint density at radius 2 is 1.53 bits per heavy atom. The molecule has 3 aromatic carbocycles. The van der Waals surface area contributed by atoms with Gasteiger partial charge in [0.15, 0.2) is 0 Å². The zero-order valence-electron chi connectivity index (χ0n) is 18.5. The Hall–Kier alpha value is -4.26. The number of carbonyl (C=O) groups excluding carboxylic acids is 3. The van der Waals surface area contributed by atoms with Crippen molar-refractivity contribution in [2.75, 3.05) is 10.2 Å². The van der Waals surface area contributed by atoms with Crippen LogP contribution in [0.2, 0.25) is 0 Å². The Bertz CT molecular complexity index is 1340. The average Bonchev–Trinajstić information content (AvgIpc) is 3.33. The van der Waals surface area contributed by atoms with Gasteiger partial charge in [0.05, 0.1) is 29.8 Å². The molecule has 2 saturated heterocycles. The van der Waals surface area contributed by atoms with Gasteiger partial charge in [0.1, 0.15) is 6.04 Å². The molecule has 7 heteroatoms. The van der Waals surface area contributed by atoms with Crippen LogP contribution in [0.1, 0.15) is 22.7 Å². The number of hydrogen-bond donors (Lipinski definition) is 1. The van der Waals surface area contributed by atoms with Crippen molar-refractivity contribution in [3.8, 4) is 0 Å². The van der Waals surface area contributed by atoms with Gasteiger partial charge in [-0.05, 0) is 42.3 Å². The Kier molecular flexibility index (Phi) is 4.58. The number of para-hydroxylation sites is 1. The molecular weight excluding hydrogens is 428 g/mol. The number of rotatable bonds is 3. The number of benzene rings is 3. The Labute approximate surface area is 196 Å². The van der Waals surface area contributed by atoms with Crippen LogP contribution in [0, 0.1) is 18.8 Å². The highest BCUT2D eigenvalue weighted by Crippen LogP contribution is 2.52. The molecule has 3 amide bonds. The minimum absolute atomic E-state index is 0.296. The summed E-state index contributed by atoms with van der Waals surface area (Å²) in [4.78, 5) is 42.3. The summed E-state index contributed by atoms with van der Waals surface area (Å²) < 4.78 is 0.